The van der Waals surface area contributed by atoms with Gasteiger partial charge in [0.15, 0.2) is 11.5 Å². The van der Waals surface area contributed by atoms with Crippen LogP contribution in [-0.2, 0) is 24.6 Å². The molecule has 0 spiro atoms. The fourth-order valence-electron chi connectivity index (χ4n) is 9.20. The zero-order valence-electron chi connectivity index (χ0n) is 30.0. The van der Waals surface area contributed by atoms with Gasteiger partial charge in [-0.3, -0.25) is 34.7 Å². The summed E-state index contributed by atoms with van der Waals surface area (Å²) in [5.74, 6) is -6.17. The zero-order valence-corrected chi connectivity index (χ0v) is 31.5. The number of anilines is 2. The molecule has 4 amide bonds. The molecule has 4 aromatic carbocycles. The summed E-state index contributed by atoms with van der Waals surface area (Å²) >= 11 is 12.7. The predicted octanol–water partition coefficient (Wildman–Crippen LogP) is 7.20. The van der Waals surface area contributed by atoms with Crippen LogP contribution in [0.3, 0.4) is 0 Å². The van der Waals surface area contributed by atoms with Crippen LogP contribution >= 0.6 is 23.2 Å². The molecule has 286 valence electrons. The minimum absolute atomic E-state index is 0.00479. The number of phenolic OH excluding ortho intramolecular Hbond substituents is 1. The smallest absolute Gasteiger partial charge is 0.271 e. The number of non-ortho nitro benzene ring substituents is 1. The number of phenols is 1. The van der Waals surface area contributed by atoms with Crippen molar-refractivity contribution >= 4 is 63.9 Å². The number of ether oxygens (including phenoxy) is 2. The Morgan fingerprint density at radius 2 is 1.71 bits per heavy atom. The summed E-state index contributed by atoms with van der Waals surface area (Å²) in [4.78, 5) is 71.2. The van der Waals surface area contributed by atoms with Gasteiger partial charge in [0.25, 0.3) is 17.5 Å². The molecule has 0 radical (unpaired) electrons. The van der Waals surface area contributed by atoms with Crippen molar-refractivity contribution in [3.8, 4) is 17.2 Å². The third-order valence-corrected chi connectivity index (χ3v) is 12.0. The first kappa shape index (κ1) is 37.0. The summed E-state index contributed by atoms with van der Waals surface area (Å²) < 4.78 is 11.3. The number of nitro benzene ring substituents is 1. The summed E-state index contributed by atoms with van der Waals surface area (Å²) in [5, 5.41) is 23.9. The van der Waals surface area contributed by atoms with E-state index in [0.29, 0.717) is 27.5 Å². The van der Waals surface area contributed by atoms with E-state index < -0.39 is 63.6 Å². The molecular formula is C41H34Cl2N4O9. The number of hydrogen-bond acceptors (Lipinski definition) is 10. The van der Waals surface area contributed by atoms with Crippen molar-refractivity contribution in [2.75, 3.05) is 24.0 Å². The number of nitrogens with zero attached hydrogens (tertiary/aromatic N) is 3. The summed E-state index contributed by atoms with van der Waals surface area (Å²) in [6.45, 7) is 1.99. The second-order valence-corrected chi connectivity index (χ2v) is 15.0. The minimum Gasteiger partial charge on any atom is -0.504 e. The van der Waals surface area contributed by atoms with Crippen molar-refractivity contribution in [3.05, 3.63) is 128 Å². The molecule has 2 saturated heterocycles. The topological polar surface area (TPSA) is 169 Å². The van der Waals surface area contributed by atoms with Crippen LogP contribution < -0.4 is 19.8 Å². The third kappa shape index (κ3) is 5.59. The van der Waals surface area contributed by atoms with Crippen LogP contribution in [0.25, 0.3) is 0 Å². The molecule has 0 bridgehead atoms. The van der Waals surface area contributed by atoms with Gasteiger partial charge in [0.1, 0.15) is 5.75 Å². The van der Waals surface area contributed by atoms with Gasteiger partial charge >= 0.3 is 0 Å². The number of halogens is 2. The van der Waals surface area contributed by atoms with Crippen LogP contribution in [0.4, 0.5) is 17.1 Å². The third-order valence-electron chi connectivity index (χ3n) is 11.5. The number of allylic oxidation sites excluding steroid dienone is 2. The normalized spacial score (nSPS) is 25.4. The highest BCUT2D eigenvalue weighted by atomic mass is 35.5. The van der Waals surface area contributed by atoms with Crippen molar-refractivity contribution in [2.24, 2.45) is 23.7 Å². The van der Waals surface area contributed by atoms with Gasteiger partial charge in [-0.1, -0.05) is 59.1 Å². The fourth-order valence-corrected chi connectivity index (χ4v) is 9.65. The van der Waals surface area contributed by atoms with Crippen LogP contribution in [0, 0.1) is 33.8 Å². The second kappa shape index (κ2) is 14.0. The molecule has 1 saturated carbocycles. The second-order valence-electron chi connectivity index (χ2n) is 14.2. The highest BCUT2D eigenvalue weighted by molar-refractivity contribution is 6.36. The van der Waals surface area contributed by atoms with Crippen LogP contribution in [0.15, 0.2) is 96.6 Å². The highest BCUT2D eigenvalue weighted by Crippen LogP contribution is 2.64. The number of rotatable bonds is 9. The van der Waals surface area contributed by atoms with Crippen molar-refractivity contribution < 1.29 is 38.7 Å². The van der Waals surface area contributed by atoms with Crippen LogP contribution in [0.5, 0.6) is 17.2 Å². The molecule has 2 aliphatic carbocycles. The van der Waals surface area contributed by atoms with Crippen LogP contribution in [0.1, 0.15) is 36.8 Å². The first-order chi connectivity index (χ1) is 26.9. The molecule has 15 heteroatoms. The predicted molar refractivity (Wildman–Crippen MR) is 205 cm³/mol. The van der Waals surface area contributed by atoms with E-state index in [0.717, 1.165) is 9.91 Å². The molecule has 2 N–H and O–H groups in total. The molecule has 8 rings (SSSR count). The molecule has 3 fully saturated rings. The maximum Gasteiger partial charge on any atom is 0.271 e. The van der Waals surface area contributed by atoms with Gasteiger partial charge in [-0.2, -0.15) is 5.01 Å². The molecule has 2 aliphatic heterocycles. The summed E-state index contributed by atoms with van der Waals surface area (Å²) in [6, 6.07) is 21.6. The summed E-state index contributed by atoms with van der Waals surface area (Å²) in [7, 11) is 1.52. The quantitative estimate of drug-likeness (QED) is 0.0765. The first-order valence-corrected chi connectivity index (χ1v) is 18.7. The van der Waals surface area contributed by atoms with Crippen molar-refractivity contribution in [3.63, 3.8) is 0 Å². The number of hydrogen-bond donors (Lipinski definition) is 2. The first-order valence-electron chi connectivity index (χ1n) is 17.9. The fraction of sp³-hybridized carbons (Fsp3) is 0.268. The molecule has 56 heavy (non-hydrogen) atoms. The number of methoxy groups -OCH3 is 1. The number of carbonyl (C=O) groups excluding carboxylic acids is 4. The van der Waals surface area contributed by atoms with Crippen molar-refractivity contribution in [1.29, 1.82) is 0 Å². The van der Waals surface area contributed by atoms with Gasteiger partial charge in [-0.15, -0.1) is 0 Å². The van der Waals surface area contributed by atoms with E-state index in [1.54, 1.807) is 55.5 Å². The Kier molecular flexibility index (Phi) is 9.24. The number of nitro groups is 1. The standard InChI is InChI=1S/C41H34Cl2N4O9/c1-3-56-34-17-21(7-16-33(34)48)36-27-13-14-28-35(39(51)45(37(28)49)24-5-4-6-25(19-24)47(53)54)29(27)20-30-38(50)46(44-32-15-10-23(42)18-31(32)43)40(52)41(30,36)22-8-11-26(55-2)12-9-22/h4-13,15-19,28-30,35-36,44,48H,3,14,20H2,1-2H3/t28-,29+,30-,35-,36-,41+/m0/s1. The van der Waals surface area contributed by atoms with Gasteiger partial charge < -0.3 is 14.6 Å². The SMILES string of the molecule is CCOc1cc([C@H]2C3=CC[C@@H]4C(=O)N(c5cccc([N+](=O)[O-])c5)C(=O)[C@@H]4[C@@H]3C[C@H]3C(=O)N(Nc4ccc(Cl)cc4Cl)C(=O)[C@@]23c2ccc(OC)cc2)ccc1O. The lowest BCUT2D eigenvalue weighted by molar-refractivity contribution is -0.384. The number of hydrazine groups is 1. The Morgan fingerprint density at radius 1 is 0.946 bits per heavy atom. The summed E-state index contributed by atoms with van der Waals surface area (Å²) in [6.07, 6.45) is 2.02. The molecule has 2 heterocycles. The van der Waals surface area contributed by atoms with Gasteiger partial charge in [-0.05, 0) is 85.3 Å². The molecular weight excluding hydrogens is 763 g/mol. The molecule has 4 aromatic rings. The monoisotopic (exact) mass is 796 g/mol. The van der Waals surface area contributed by atoms with Crippen molar-refractivity contribution in [2.45, 2.75) is 31.1 Å². The average Bonchev–Trinajstić information content (AvgIpc) is 3.57. The summed E-state index contributed by atoms with van der Waals surface area (Å²) in [5.41, 5.74) is 3.07. The van der Waals surface area contributed by atoms with E-state index in [4.69, 9.17) is 32.7 Å². The highest BCUT2D eigenvalue weighted by Gasteiger charge is 2.70. The molecule has 6 atom stereocenters. The van der Waals surface area contributed by atoms with E-state index >= 15 is 4.79 Å². The van der Waals surface area contributed by atoms with E-state index in [1.807, 2.05) is 6.08 Å². The number of amides is 4. The number of carbonyl (C=O) groups is 4. The minimum atomic E-state index is -1.63. The number of nitrogens with one attached hydrogen (secondary N) is 1. The Bertz CT molecular complexity index is 2370. The largest absolute Gasteiger partial charge is 0.504 e. The number of imide groups is 2. The Balaban J connectivity index is 1.33. The van der Waals surface area contributed by atoms with Gasteiger partial charge in [0.05, 0.1) is 58.2 Å². The van der Waals surface area contributed by atoms with E-state index in [9.17, 15) is 29.6 Å². The Hall–Kier alpha value is -5.92. The van der Waals surface area contributed by atoms with Gasteiger partial charge in [-0.25, -0.2) is 4.90 Å². The maximum absolute atomic E-state index is 15.5. The van der Waals surface area contributed by atoms with Crippen LogP contribution in [0.2, 0.25) is 10.0 Å². The average molecular weight is 798 g/mol. The number of fused-ring (bicyclic) bond motifs is 4. The zero-order chi connectivity index (χ0) is 39.6. The van der Waals surface area contributed by atoms with Crippen molar-refractivity contribution in [1.82, 2.24) is 5.01 Å². The van der Waals surface area contributed by atoms with Gasteiger partial charge in [0.2, 0.25) is 11.8 Å². The lowest BCUT2D eigenvalue weighted by Crippen LogP contribution is -2.53. The van der Waals surface area contributed by atoms with E-state index in [-0.39, 0.29) is 53.0 Å². The molecule has 0 unspecified atom stereocenters. The van der Waals surface area contributed by atoms with E-state index in [1.165, 1.54) is 43.5 Å². The Labute approximate surface area is 330 Å². The number of benzene rings is 4. The molecule has 13 nitrogen and oxygen atoms in total. The maximum atomic E-state index is 15.5. The lowest BCUT2D eigenvalue weighted by atomic mass is 9.49. The molecule has 4 aliphatic rings. The Morgan fingerprint density at radius 3 is 2.41 bits per heavy atom. The van der Waals surface area contributed by atoms with E-state index in [2.05, 4.69) is 5.43 Å². The number of aromatic hydroxyl groups is 1. The molecule has 0 aromatic heterocycles. The lowest BCUT2D eigenvalue weighted by Gasteiger charge is -2.50. The van der Waals surface area contributed by atoms with Gasteiger partial charge in [0, 0.05) is 23.1 Å². The van der Waals surface area contributed by atoms with Crippen LogP contribution in [-0.4, -0.2) is 52.4 Å².